The molecule has 5 rings (SSSR count). The topological polar surface area (TPSA) is 130 Å². The van der Waals surface area contributed by atoms with E-state index in [1.807, 2.05) is 48.5 Å². The molecule has 47 heavy (non-hydrogen) atoms. The SMILES string of the molecule is COC[C@@H]1CCCN1C[C@H]1C[C@@H](c2ccc(CO)cc2)O[C@@H](c2ccc(-c3ccccc3CNC(=O)CCCCC(=O)NO)cc2)O1. The highest BCUT2D eigenvalue weighted by Gasteiger charge is 2.35. The largest absolute Gasteiger partial charge is 0.392 e. The summed E-state index contributed by atoms with van der Waals surface area (Å²) >= 11 is 0. The van der Waals surface area contributed by atoms with Crippen molar-refractivity contribution in [2.24, 2.45) is 0 Å². The van der Waals surface area contributed by atoms with Crippen LogP contribution < -0.4 is 10.8 Å². The summed E-state index contributed by atoms with van der Waals surface area (Å²) in [5.74, 6) is -0.526. The first-order chi connectivity index (χ1) is 23.0. The van der Waals surface area contributed by atoms with Crippen molar-refractivity contribution >= 4 is 11.8 Å². The molecule has 4 N–H and O–H groups in total. The first-order valence-electron chi connectivity index (χ1n) is 16.6. The molecule has 2 amide bonds. The summed E-state index contributed by atoms with van der Waals surface area (Å²) in [4.78, 5) is 26.1. The minimum Gasteiger partial charge on any atom is -0.392 e. The lowest BCUT2D eigenvalue weighted by atomic mass is 9.97. The van der Waals surface area contributed by atoms with Crippen LogP contribution in [0.3, 0.4) is 0 Å². The molecular weight excluding hydrogens is 598 g/mol. The van der Waals surface area contributed by atoms with Crippen LogP contribution >= 0.6 is 0 Å². The number of amides is 2. The van der Waals surface area contributed by atoms with Crippen LogP contribution in [0.15, 0.2) is 72.8 Å². The molecule has 0 spiro atoms. The highest BCUT2D eigenvalue weighted by Crippen LogP contribution is 2.39. The summed E-state index contributed by atoms with van der Waals surface area (Å²) < 4.78 is 18.7. The second kappa shape index (κ2) is 17.5. The number of benzene rings is 3. The predicted molar refractivity (Wildman–Crippen MR) is 177 cm³/mol. The van der Waals surface area contributed by atoms with Gasteiger partial charge in [0.15, 0.2) is 6.29 Å². The summed E-state index contributed by atoms with van der Waals surface area (Å²) in [6.07, 6.45) is 3.91. The second-order valence-corrected chi connectivity index (χ2v) is 12.4. The molecule has 2 aliphatic rings. The van der Waals surface area contributed by atoms with Gasteiger partial charge in [0.2, 0.25) is 11.8 Å². The highest BCUT2D eigenvalue weighted by molar-refractivity contribution is 5.77. The van der Waals surface area contributed by atoms with Crippen molar-refractivity contribution < 1.29 is 34.1 Å². The van der Waals surface area contributed by atoms with Crippen molar-refractivity contribution in [2.45, 2.75) is 82.6 Å². The molecule has 10 heteroatoms. The molecule has 2 fully saturated rings. The van der Waals surface area contributed by atoms with Crippen LogP contribution in [0.5, 0.6) is 0 Å². The van der Waals surface area contributed by atoms with E-state index in [4.69, 9.17) is 19.4 Å². The Morgan fingerprint density at radius 3 is 2.38 bits per heavy atom. The van der Waals surface area contributed by atoms with Gasteiger partial charge in [-0.1, -0.05) is 72.8 Å². The molecule has 0 unspecified atom stereocenters. The predicted octanol–water partition coefficient (Wildman–Crippen LogP) is 5.18. The van der Waals surface area contributed by atoms with Gasteiger partial charge >= 0.3 is 0 Å². The molecule has 252 valence electrons. The summed E-state index contributed by atoms with van der Waals surface area (Å²) in [5.41, 5.74) is 7.54. The average molecular weight is 646 g/mol. The molecule has 2 aliphatic heterocycles. The number of hydrogen-bond acceptors (Lipinski definition) is 8. The first-order valence-corrected chi connectivity index (χ1v) is 16.6. The van der Waals surface area contributed by atoms with E-state index in [0.29, 0.717) is 31.8 Å². The van der Waals surface area contributed by atoms with Gasteiger partial charge in [-0.3, -0.25) is 19.7 Å². The third-order valence-corrected chi connectivity index (χ3v) is 9.08. The maximum atomic E-state index is 12.4. The molecule has 4 atom stereocenters. The maximum Gasteiger partial charge on any atom is 0.243 e. The zero-order valence-electron chi connectivity index (χ0n) is 27.1. The fraction of sp³-hybridized carbons (Fsp3) is 0.459. The van der Waals surface area contributed by atoms with Crippen LogP contribution in [0, 0.1) is 0 Å². The van der Waals surface area contributed by atoms with E-state index in [1.54, 1.807) is 12.6 Å². The first kappa shape index (κ1) is 34.7. The fourth-order valence-electron chi connectivity index (χ4n) is 6.50. The van der Waals surface area contributed by atoms with Gasteiger partial charge in [0.25, 0.3) is 0 Å². The summed E-state index contributed by atoms with van der Waals surface area (Å²) in [7, 11) is 1.76. The van der Waals surface area contributed by atoms with Crippen molar-refractivity contribution in [3.05, 3.63) is 95.1 Å². The van der Waals surface area contributed by atoms with Gasteiger partial charge in [-0.2, -0.15) is 0 Å². The lowest BCUT2D eigenvalue weighted by molar-refractivity contribution is -0.253. The molecule has 2 saturated heterocycles. The third kappa shape index (κ3) is 9.70. The molecule has 2 heterocycles. The number of hydrogen-bond donors (Lipinski definition) is 4. The Bertz CT molecular complexity index is 1430. The number of carbonyl (C=O) groups excluding carboxylic acids is 2. The number of likely N-dealkylation sites (tertiary alicyclic amines) is 1. The molecule has 0 aliphatic carbocycles. The van der Waals surface area contributed by atoms with Crippen molar-refractivity contribution in [2.75, 3.05) is 26.8 Å². The average Bonchev–Trinajstić information content (AvgIpc) is 3.55. The normalized spacial score (nSPS) is 21.4. The third-order valence-electron chi connectivity index (χ3n) is 9.08. The minimum absolute atomic E-state index is 0.00521. The van der Waals surface area contributed by atoms with Crippen LogP contribution in [0.25, 0.3) is 11.1 Å². The summed E-state index contributed by atoms with van der Waals surface area (Å²) in [6, 6.07) is 24.6. The van der Waals surface area contributed by atoms with E-state index in [2.05, 4.69) is 34.5 Å². The van der Waals surface area contributed by atoms with Crippen molar-refractivity contribution in [3.63, 3.8) is 0 Å². The summed E-state index contributed by atoms with van der Waals surface area (Å²) in [6.45, 7) is 2.96. The number of aliphatic hydroxyl groups is 1. The Morgan fingerprint density at radius 1 is 0.936 bits per heavy atom. The van der Waals surface area contributed by atoms with Crippen LogP contribution in [0.1, 0.15) is 79.6 Å². The Labute approximate surface area is 277 Å². The number of ether oxygens (including phenoxy) is 3. The van der Waals surface area contributed by atoms with Gasteiger partial charge in [0.05, 0.1) is 25.4 Å². The second-order valence-electron chi connectivity index (χ2n) is 12.4. The number of hydroxylamine groups is 1. The van der Waals surface area contributed by atoms with Crippen LogP contribution in [0.4, 0.5) is 0 Å². The van der Waals surface area contributed by atoms with Gasteiger partial charge in [-0.25, -0.2) is 5.48 Å². The van der Waals surface area contributed by atoms with Crippen LogP contribution in [-0.2, 0) is 37.0 Å². The van der Waals surface area contributed by atoms with E-state index in [0.717, 1.165) is 72.3 Å². The number of aliphatic hydroxyl groups excluding tert-OH is 1. The van der Waals surface area contributed by atoms with Crippen molar-refractivity contribution in [3.8, 4) is 11.1 Å². The number of nitrogens with one attached hydrogen (secondary N) is 2. The molecule has 10 nitrogen and oxygen atoms in total. The van der Waals surface area contributed by atoms with E-state index >= 15 is 0 Å². The van der Waals surface area contributed by atoms with Gasteiger partial charge < -0.3 is 24.6 Å². The number of rotatable bonds is 15. The standard InChI is InChI=1S/C37H47N3O7/c1-45-25-31-8-6-20-40(31)23-32-21-34(28-14-12-26(24-41)13-15-28)47-37(46-32)29-18-16-27(17-19-29)33-9-3-2-7-30(33)22-38-35(42)10-4-5-11-36(43)39-44/h2-3,7,9,12-19,31-32,34,37,41,44H,4-6,8,10-11,20-25H2,1H3,(H,38,42)(H,39,43)/t31-,32+,34-,37-/m0/s1. The number of unbranched alkanes of at least 4 members (excludes halogenated alkanes) is 1. The van der Waals surface area contributed by atoms with Gasteiger partial charge in [-0.05, 0) is 60.0 Å². The van der Waals surface area contributed by atoms with Crippen molar-refractivity contribution in [1.29, 1.82) is 0 Å². The quantitative estimate of drug-likeness (QED) is 0.101. The van der Waals surface area contributed by atoms with Crippen LogP contribution in [0.2, 0.25) is 0 Å². The Balaban J connectivity index is 1.26. The van der Waals surface area contributed by atoms with E-state index in [1.165, 1.54) is 0 Å². The zero-order valence-corrected chi connectivity index (χ0v) is 27.1. The van der Waals surface area contributed by atoms with Crippen LogP contribution in [-0.4, -0.2) is 66.0 Å². The number of methoxy groups -OCH3 is 1. The van der Waals surface area contributed by atoms with Gasteiger partial charge in [0, 0.05) is 51.1 Å². The van der Waals surface area contributed by atoms with Gasteiger partial charge in [-0.15, -0.1) is 0 Å². The maximum absolute atomic E-state index is 12.4. The molecule has 3 aromatic rings. The molecule has 0 bridgehead atoms. The molecule has 0 aromatic heterocycles. The smallest absolute Gasteiger partial charge is 0.243 e. The molecule has 0 saturated carbocycles. The molecule has 0 radical (unpaired) electrons. The monoisotopic (exact) mass is 645 g/mol. The lowest BCUT2D eigenvalue weighted by Gasteiger charge is -2.38. The fourth-order valence-corrected chi connectivity index (χ4v) is 6.50. The number of carbonyl (C=O) groups is 2. The van der Waals surface area contributed by atoms with E-state index in [9.17, 15) is 14.7 Å². The number of nitrogens with zero attached hydrogens (tertiary/aromatic N) is 1. The van der Waals surface area contributed by atoms with E-state index < -0.39 is 12.2 Å². The Morgan fingerprint density at radius 2 is 1.66 bits per heavy atom. The lowest BCUT2D eigenvalue weighted by Crippen LogP contribution is -2.42. The van der Waals surface area contributed by atoms with E-state index in [-0.39, 0.29) is 31.1 Å². The van der Waals surface area contributed by atoms with Crippen molar-refractivity contribution in [1.82, 2.24) is 15.7 Å². The summed E-state index contributed by atoms with van der Waals surface area (Å²) in [5, 5.41) is 21.1. The molecule has 3 aromatic carbocycles. The highest BCUT2D eigenvalue weighted by atomic mass is 16.7. The molecular formula is C37H47N3O7. The Kier molecular flexibility index (Phi) is 12.9. The minimum atomic E-state index is -0.535. The van der Waals surface area contributed by atoms with Gasteiger partial charge in [0.1, 0.15) is 0 Å². The zero-order chi connectivity index (χ0) is 33.0. The Hall–Kier alpha value is -3.64.